The summed E-state index contributed by atoms with van der Waals surface area (Å²) in [6, 6.07) is 2.60. The van der Waals surface area contributed by atoms with Gasteiger partial charge in [0.15, 0.2) is 46.0 Å². The molecule has 672 valence electrons. The number of carbonyl (C=O) groups excluding carboxylic acids is 4. The van der Waals surface area contributed by atoms with E-state index in [1.807, 2.05) is 6.07 Å². The fourth-order valence-electron chi connectivity index (χ4n) is 16.2. The van der Waals surface area contributed by atoms with Gasteiger partial charge in [-0.05, 0) is 191 Å². The Morgan fingerprint density at radius 2 is 0.583 bits per heavy atom. The van der Waals surface area contributed by atoms with Crippen LogP contribution in [-0.4, -0.2) is 201 Å². The van der Waals surface area contributed by atoms with Crippen molar-refractivity contribution >= 4 is 23.9 Å². The second kappa shape index (κ2) is 43.9. The molecule has 120 heavy (non-hydrogen) atoms. The fourth-order valence-corrected chi connectivity index (χ4v) is 16.2. The molecule has 0 saturated carbocycles. The van der Waals surface area contributed by atoms with E-state index >= 15 is 0 Å². The zero-order valence-corrected chi connectivity index (χ0v) is 72.7. The van der Waals surface area contributed by atoms with Crippen LogP contribution in [0.1, 0.15) is 278 Å². The van der Waals surface area contributed by atoms with Crippen LogP contribution in [0.3, 0.4) is 0 Å². The maximum atomic E-state index is 13.0. The maximum absolute atomic E-state index is 13.0. The van der Waals surface area contributed by atoms with Gasteiger partial charge in [0.1, 0.15) is 48.6 Å². The maximum Gasteiger partial charge on any atom is 0.323 e. The van der Waals surface area contributed by atoms with Crippen LogP contribution < -0.4 is 60.8 Å². The molecule has 0 bridgehead atoms. The summed E-state index contributed by atoms with van der Waals surface area (Å²) >= 11 is 0. The molecular weight excluding hydrogens is 1520 g/mol. The summed E-state index contributed by atoms with van der Waals surface area (Å²) in [7, 11) is 3.18. The smallest absolute Gasteiger partial charge is 0.323 e. The highest BCUT2D eigenvalue weighted by molar-refractivity contribution is 5.77. The Morgan fingerprint density at radius 3 is 0.825 bits per heavy atom. The predicted molar refractivity (Wildman–Crippen MR) is 471 cm³/mol. The van der Waals surface area contributed by atoms with Crippen molar-refractivity contribution in [1.29, 1.82) is 0 Å². The molecule has 8 N–H and O–H groups in total. The number of rotatable bonds is 28. The van der Waals surface area contributed by atoms with Gasteiger partial charge in [-0.25, -0.2) is 0 Å². The monoisotopic (exact) mass is 1710 g/mol. The number of carbonyl (C=O) groups is 4. The minimum Gasteiger partial charge on any atom is -0.493 e. The molecule has 8 aliphatic heterocycles. The number of hydrogen-bond acceptors (Lipinski definition) is 24. The molecule has 24 heteroatoms. The van der Waals surface area contributed by atoms with Crippen molar-refractivity contribution in [3.05, 3.63) is 93.0 Å². The summed E-state index contributed by atoms with van der Waals surface area (Å²) in [6.45, 7) is 6.30. The molecule has 4 aromatic rings. The molecule has 24 nitrogen and oxygen atoms in total. The fraction of sp³-hybridized carbons (Fsp3) is 0.708. The molecule has 16 unspecified atom stereocenters. The van der Waals surface area contributed by atoms with E-state index in [2.05, 4.69) is 0 Å². The van der Waals surface area contributed by atoms with Gasteiger partial charge in [-0.3, -0.25) is 38.8 Å². The molecule has 0 aromatic heterocycles. The standard InChI is InChI=1S/4C24H38N2O4/c4*1-14(2)9-17-13-26-8-7-16-10-21(28-5)22(29-6)11-18(16)19(26)12-20(17)30-24(27)23(25)15(3)4/h4*10-11,14-15,17,19-20,23H,7-9,12-13,25H2,1-6H3/t4*17?,19?,20?,23-/m0000/s1/i1D3,9D2,14D,19D,20D;2*1D3,5D3,9D2,14D,19D;1D3,9D2,14D,19D/t4*14?,17?,19?,20?,23-. The van der Waals surface area contributed by atoms with E-state index in [0.717, 1.165) is 38.8 Å². The van der Waals surface area contributed by atoms with E-state index in [1.165, 1.54) is 66.9 Å². The second-order valence-electron chi connectivity index (χ2n) is 33.0. The summed E-state index contributed by atoms with van der Waals surface area (Å²) in [5.41, 5.74) is 28.9. The van der Waals surface area contributed by atoms with Gasteiger partial charge in [0.05, 0.1) is 71.8 Å². The van der Waals surface area contributed by atoms with Crippen LogP contribution in [0.2, 0.25) is 0 Å². The van der Waals surface area contributed by atoms with E-state index in [9.17, 15) is 26.0 Å². The number of fused-ring (bicyclic) bond motifs is 12. The average molecular weight is 1710 g/mol. The molecular formula is C96H152N8O16. The Balaban J connectivity index is 0.000000229. The lowest BCUT2D eigenvalue weighted by molar-refractivity contribution is -0.161. The molecule has 0 amide bonds. The van der Waals surface area contributed by atoms with Crippen molar-refractivity contribution in [3.8, 4) is 46.0 Å². The lowest BCUT2D eigenvalue weighted by atomic mass is 9.79. The van der Waals surface area contributed by atoms with Crippen molar-refractivity contribution in [1.82, 2.24) is 19.6 Å². The van der Waals surface area contributed by atoms with E-state index in [0.29, 0.717) is 95.2 Å². The number of methoxy groups -OCH3 is 8. The zero-order valence-electron chi connectivity index (χ0n) is 108. The van der Waals surface area contributed by atoms with E-state index < -0.39 is 217 Å². The van der Waals surface area contributed by atoms with E-state index in [-0.39, 0.29) is 105 Å². The van der Waals surface area contributed by atoms with Crippen LogP contribution in [0.5, 0.6) is 46.0 Å². The summed E-state index contributed by atoms with van der Waals surface area (Å²) < 4.78 is 357. The molecule has 4 fully saturated rings. The van der Waals surface area contributed by atoms with Crippen LogP contribution in [0, 0.1) is 70.9 Å². The molecule has 4 saturated heterocycles. The first-order chi connectivity index (χ1) is 70.3. The normalized spacial score (nSPS) is 35.3. The average Bonchev–Trinajstić information content (AvgIpc) is 0.698. The Hall–Kier alpha value is -7.16. The zero-order chi connectivity index (χ0) is 118. The van der Waals surface area contributed by atoms with Crippen LogP contribution in [0.25, 0.3) is 0 Å². The largest absolute Gasteiger partial charge is 0.493 e. The Morgan fingerprint density at radius 1 is 0.358 bits per heavy atom. The quantitative estimate of drug-likeness (QED) is 0.0303. The van der Waals surface area contributed by atoms with E-state index in [4.69, 9.17) is 121 Å². The summed E-state index contributed by atoms with van der Waals surface area (Å²) in [5.74, 6) is -18.1. The van der Waals surface area contributed by atoms with Crippen molar-refractivity contribution in [2.24, 2.45) is 93.9 Å². The number of ether oxygens (including phenoxy) is 12. The van der Waals surface area contributed by atoms with Crippen molar-refractivity contribution in [2.45, 2.75) is 260 Å². The van der Waals surface area contributed by atoms with Crippen molar-refractivity contribution < 1.29 is 124 Å². The first kappa shape index (κ1) is 58.1. The summed E-state index contributed by atoms with van der Waals surface area (Å²) in [6.07, 6.45) is -16.3. The lowest BCUT2D eigenvalue weighted by Crippen LogP contribution is -2.51. The Labute approximate surface area is 767 Å². The number of benzene rings is 4. The number of hydrogen-bond donors (Lipinski definition) is 4. The highest BCUT2D eigenvalue weighted by Gasteiger charge is 2.47. The number of nitrogens with zero attached hydrogens (tertiary/aromatic N) is 4. The molecule has 20 atom stereocenters. The van der Waals surface area contributed by atoms with Crippen LogP contribution in [0.15, 0.2) is 48.5 Å². The molecule has 0 aliphatic carbocycles. The third-order valence-corrected chi connectivity index (χ3v) is 23.1. The molecule has 4 aromatic carbocycles. The van der Waals surface area contributed by atoms with Gasteiger partial charge < -0.3 is 79.8 Å². The van der Waals surface area contributed by atoms with Crippen LogP contribution >= 0.6 is 0 Å². The number of piperidine rings is 4. The van der Waals surface area contributed by atoms with Crippen molar-refractivity contribution in [2.75, 3.05) is 109 Å². The summed E-state index contributed by atoms with van der Waals surface area (Å²) in [5, 5.41) is 0. The molecule has 12 rings (SSSR count). The molecule has 8 heterocycles. The molecule has 0 spiro atoms. The van der Waals surface area contributed by atoms with Crippen LogP contribution in [-0.2, 0) is 63.8 Å². The minimum absolute atomic E-state index is 0.0168. The van der Waals surface area contributed by atoms with Gasteiger partial charge in [0.2, 0.25) is 0 Å². The van der Waals surface area contributed by atoms with Gasteiger partial charge in [-0.2, -0.15) is 0 Å². The molecule has 0 radical (unpaired) electrons. The van der Waals surface area contributed by atoms with Gasteiger partial charge in [-0.1, -0.05) is 110 Å². The first-order valence-electron chi connectivity index (χ1n) is 58.5. The molecule has 8 aliphatic rings. The van der Waals surface area contributed by atoms with Gasteiger partial charge >= 0.3 is 23.9 Å². The van der Waals surface area contributed by atoms with Crippen molar-refractivity contribution in [3.63, 3.8) is 0 Å². The summed E-state index contributed by atoms with van der Waals surface area (Å²) in [4.78, 5) is 58.6. The highest BCUT2D eigenvalue weighted by atomic mass is 16.6. The first-order valence-corrected chi connectivity index (χ1v) is 41.0. The van der Waals surface area contributed by atoms with Crippen LogP contribution in [0.4, 0.5) is 0 Å². The Bertz CT molecular complexity index is 5470. The van der Waals surface area contributed by atoms with Gasteiger partial charge in [-0.15, -0.1) is 0 Å². The van der Waals surface area contributed by atoms with Gasteiger partial charge in [0, 0.05) is 159 Å². The lowest BCUT2D eigenvalue weighted by Gasteiger charge is -2.47. The number of nitrogens with two attached hydrogens (primary N) is 4. The van der Waals surface area contributed by atoms with E-state index in [1.54, 1.807) is 93.2 Å². The highest BCUT2D eigenvalue weighted by Crippen LogP contribution is 2.50. The number of esters is 4. The Kier molecular flexibility index (Phi) is 21.3. The topological polar surface area (TPSA) is 296 Å². The predicted octanol–water partition coefficient (Wildman–Crippen LogP) is 14.3. The van der Waals surface area contributed by atoms with Gasteiger partial charge in [0.25, 0.3) is 0 Å². The third-order valence-electron chi connectivity index (χ3n) is 23.1. The third kappa shape index (κ3) is 23.8. The SMILES string of the molecule is [2H]C([2H])([2H])Oc1cc2c(cc1OC)C1([2H])CC(OC(=O)[C@@H](N)C(C)C)C(C([2H])([2H])C([2H])(C)C([2H])([2H])[2H])CN1CC2.[2H]C([2H])([2H])Oc1cc2c(cc1OC)C1([2H])CC(OC(=O)[C@@H](N)C(C)C)C(C([2H])([2H])C([2H])(C)C([2H])([2H])[2H])CN1CC2.[2H]C1(OC(=O)[C@@H](N)C(C)C)CC2([2H])c3cc(OC)c(OC)cc3CCN2CC1C([2H])([2H])C([2H])(C)C([2H])([2H])[2H].[2H]C12CC(OC(=O)[C@@H](N)C(C)C)C(C([2H])([2H])C([2H])(C)C([2H])([2H])[2H])CN1CCc1cc(OC)c(OC)cc12. The minimum atomic E-state index is -3.04. The second-order valence-corrected chi connectivity index (χ2v) is 33.0.